The van der Waals surface area contributed by atoms with Gasteiger partial charge in [0, 0.05) is 25.2 Å². The fourth-order valence-electron chi connectivity index (χ4n) is 4.61. The molecule has 0 unspecified atom stereocenters. The standard InChI is InChI=1S/C20H25ClN4O/c1-24-18(26)16(14-5-4-6-15(21)13-14)17(22)23-19(24)25-11-9-20(10-12-25)7-2-3-8-20/h4-6,13H,2-3,7-12,22H2,1H3. The molecule has 2 fully saturated rings. The van der Waals surface area contributed by atoms with Gasteiger partial charge >= 0.3 is 0 Å². The predicted octanol–water partition coefficient (Wildman–Crippen LogP) is 3.84. The predicted molar refractivity (Wildman–Crippen MR) is 107 cm³/mol. The SMILES string of the molecule is Cn1c(N2CCC3(CCCC3)CC2)nc(N)c(-c2cccc(Cl)c2)c1=O. The van der Waals surface area contributed by atoms with Crippen LogP contribution in [-0.2, 0) is 7.05 Å². The first-order chi connectivity index (χ1) is 12.5. The van der Waals surface area contributed by atoms with Gasteiger partial charge in [0.1, 0.15) is 5.82 Å². The lowest BCUT2D eigenvalue weighted by molar-refractivity contribution is 0.225. The van der Waals surface area contributed by atoms with Crippen molar-refractivity contribution in [2.24, 2.45) is 12.5 Å². The molecular formula is C20H25ClN4O. The van der Waals surface area contributed by atoms with Gasteiger partial charge in [0.2, 0.25) is 5.95 Å². The zero-order chi connectivity index (χ0) is 18.3. The number of nitrogen functional groups attached to an aromatic ring is 1. The highest BCUT2D eigenvalue weighted by molar-refractivity contribution is 6.30. The summed E-state index contributed by atoms with van der Waals surface area (Å²) in [5.74, 6) is 0.942. The molecule has 0 radical (unpaired) electrons. The van der Waals surface area contributed by atoms with Crippen LogP contribution in [0.4, 0.5) is 11.8 Å². The third-order valence-corrected chi connectivity index (χ3v) is 6.41. The molecule has 26 heavy (non-hydrogen) atoms. The molecule has 2 N–H and O–H groups in total. The van der Waals surface area contributed by atoms with Crippen LogP contribution in [0.3, 0.4) is 0 Å². The molecule has 1 aliphatic heterocycles. The summed E-state index contributed by atoms with van der Waals surface area (Å²) in [5, 5.41) is 0.575. The van der Waals surface area contributed by atoms with Crippen molar-refractivity contribution in [2.45, 2.75) is 38.5 Å². The number of nitrogens with two attached hydrogens (primary N) is 1. The maximum Gasteiger partial charge on any atom is 0.264 e. The summed E-state index contributed by atoms with van der Waals surface area (Å²) in [6.45, 7) is 1.88. The van der Waals surface area contributed by atoms with E-state index in [1.807, 2.05) is 12.1 Å². The van der Waals surface area contributed by atoms with Crippen molar-refractivity contribution in [2.75, 3.05) is 23.7 Å². The van der Waals surface area contributed by atoms with Gasteiger partial charge in [-0.15, -0.1) is 0 Å². The molecule has 6 heteroatoms. The highest BCUT2D eigenvalue weighted by Crippen LogP contribution is 2.46. The van der Waals surface area contributed by atoms with Gasteiger partial charge < -0.3 is 10.6 Å². The summed E-state index contributed by atoms with van der Waals surface area (Å²) in [6.07, 6.45) is 7.78. The van der Waals surface area contributed by atoms with Crippen LogP contribution in [0, 0.1) is 5.41 Å². The fourth-order valence-corrected chi connectivity index (χ4v) is 4.80. The average molecular weight is 373 g/mol. The van der Waals surface area contributed by atoms with Crippen LogP contribution in [0.5, 0.6) is 0 Å². The highest BCUT2D eigenvalue weighted by Gasteiger charge is 2.37. The first-order valence-corrected chi connectivity index (χ1v) is 9.74. The first kappa shape index (κ1) is 17.4. The van der Waals surface area contributed by atoms with Crippen molar-refractivity contribution in [3.63, 3.8) is 0 Å². The Balaban J connectivity index is 1.66. The summed E-state index contributed by atoms with van der Waals surface area (Å²) in [6, 6.07) is 7.18. The van der Waals surface area contributed by atoms with Crippen LogP contribution < -0.4 is 16.2 Å². The van der Waals surface area contributed by atoms with Gasteiger partial charge in [-0.25, -0.2) is 0 Å². The van der Waals surface area contributed by atoms with E-state index in [9.17, 15) is 4.79 Å². The molecule has 2 aromatic rings. The second-order valence-corrected chi connectivity index (χ2v) is 8.18. The number of nitrogens with zero attached hydrogens (tertiary/aromatic N) is 3. The summed E-state index contributed by atoms with van der Waals surface area (Å²) in [5.41, 5.74) is 7.73. The molecule has 0 amide bonds. The number of hydrogen-bond acceptors (Lipinski definition) is 4. The summed E-state index contributed by atoms with van der Waals surface area (Å²) in [7, 11) is 1.78. The number of aromatic nitrogens is 2. The topological polar surface area (TPSA) is 64.2 Å². The molecule has 1 aromatic carbocycles. The first-order valence-electron chi connectivity index (χ1n) is 9.37. The number of anilines is 2. The second-order valence-electron chi connectivity index (χ2n) is 7.74. The molecule has 1 saturated heterocycles. The third kappa shape index (κ3) is 2.98. The molecule has 0 atom stereocenters. The van der Waals surface area contributed by atoms with E-state index < -0.39 is 0 Å². The van der Waals surface area contributed by atoms with Crippen LogP contribution in [0.25, 0.3) is 11.1 Å². The smallest absolute Gasteiger partial charge is 0.264 e. The van der Waals surface area contributed by atoms with Gasteiger partial charge in [-0.3, -0.25) is 9.36 Å². The molecule has 1 aliphatic carbocycles. The molecular weight excluding hydrogens is 348 g/mol. The van der Waals surface area contributed by atoms with Crippen LogP contribution in [0.1, 0.15) is 38.5 Å². The van der Waals surface area contributed by atoms with E-state index >= 15 is 0 Å². The lowest BCUT2D eigenvalue weighted by atomic mass is 9.77. The highest BCUT2D eigenvalue weighted by atomic mass is 35.5. The van der Waals surface area contributed by atoms with Crippen molar-refractivity contribution in [3.8, 4) is 11.1 Å². The number of hydrogen-bond donors (Lipinski definition) is 1. The van der Waals surface area contributed by atoms with E-state index in [0.29, 0.717) is 27.5 Å². The quantitative estimate of drug-likeness (QED) is 0.869. The molecule has 5 nitrogen and oxygen atoms in total. The molecule has 138 valence electrons. The molecule has 0 bridgehead atoms. The largest absolute Gasteiger partial charge is 0.383 e. The van der Waals surface area contributed by atoms with Gasteiger partial charge in [-0.1, -0.05) is 36.6 Å². The van der Waals surface area contributed by atoms with E-state index in [1.54, 1.807) is 23.7 Å². The van der Waals surface area contributed by atoms with Gasteiger partial charge in [0.15, 0.2) is 0 Å². The van der Waals surface area contributed by atoms with Gasteiger partial charge in [-0.2, -0.15) is 4.98 Å². The Bertz CT molecular complexity index is 876. The lowest BCUT2D eigenvalue weighted by Crippen LogP contribution is -2.42. The average Bonchev–Trinajstić information content (AvgIpc) is 3.07. The van der Waals surface area contributed by atoms with Gasteiger partial charge in [0.05, 0.1) is 5.56 Å². The van der Waals surface area contributed by atoms with Crippen LogP contribution >= 0.6 is 11.6 Å². The van der Waals surface area contributed by atoms with E-state index in [1.165, 1.54) is 38.5 Å². The van der Waals surface area contributed by atoms with Crippen LogP contribution in [0.15, 0.2) is 29.1 Å². The van der Waals surface area contributed by atoms with Crippen molar-refractivity contribution in [1.82, 2.24) is 9.55 Å². The van der Waals surface area contributed by atoms with Crippen LogP contribution in [0.2, 0.25) is 5.02 Å². The summed E-state index contributed by atoms with van der Waals surface area (Å²) < 4.78 is 1.62. The number of piperidine rings is 1. The van der Waals surface area contributed by atoms with Crippen molar-refractivity contribution < 1.29 is 0 Å². The Labute approximate surface area is 158 Å². The third-order valence-electron chi connectivity index (χ3n) is 6.18. The molecule has 1 spiro atoms. The van der Waals surface area contributed by atoms with Crippen LogP contribution in [-0.4, -0.2) is 22.6 Å². The van der Waals surface area contributed by atoms with Crippen molar-refractivity contribution >= 4 is 23.4 Å². The van der Waals surface area contributed by atoms with E-state index in [-0.39, 0.29) is 11.4 Å². The Hall–Kier alpha value is -2.01. The van der Waals surface area contributed by atoms with Crippen molar-refractivity contribution in [1.29, 1.82) is 0 Å². The zero-order valence-electron chi connectivity index (χ0n) is 15.2. The number of benzene rings is 1. The molecule has 4 rings (SSSR count). The Morgan fingerprint density at radius 1 is 1.15 bits per heavy atom. The van der Waals surface area contributed by atoms with Gasteiger partial charge in [0.25, 0.3) is 5.56 Å². The number of rotatable bonds is 2. The minimum atomic E-state index is -0.129. The summed E-state index contributed by atoms with van der Waals surface area (Å²) in [4.78, 5) is 19.8. The van der Waals surface area contributed by atoms with E-state index in [0.717, 1.165) is 13.1 Å². The monoisotopic (exact) mass is 372 g/mol. The van der Waals surface area contributed by atoms with E-state index in [2.05, 4.69) is 9.88 Å². The molecule has 2 heterocycles. The Morgan fingerprint density at radius 3 is 2.50 bits per heavy atom. The van der Waals surface area contributed by atoms with E-state index in [4.69, 9.17) is 17.3 Å². The number of halogens is 1. The van der Waals surface area contributed by atoms with Crippen molar-refractivity contribution in [3.05, 3.63) is 39.6 Å². The normalized spacial score (nSPS) is 19.2. The summed E-state index contributed by atoms with van der Waals surface area (Å²) >= 11 is 6.07. The Morgan fingerprint density at radius 2 is 1.85 bits per heavy atom. The zero-order valence-corrected chi connectivity index (χ0v) is 15.9. The fraction of sp³-hybridized carbons (Fsp3) is 0.500. The minimum Gasteiger partial charge on any atom is -0.383 e. The molecule has 1 saturated carbocycles. The van der Waals surface area contributed by atoms with Gasteiger partial charge in [-0.05, 0) is 48.8 Å². The maximum atomic E-state index is 13.0. The molecule has 1 aromatic heterocycles. The lowest BCUT2D eigenvalue weighted by Gasteiger charge is -2.40. The maximum absolute atomic E-state index is 13.0. The second kappa shape index (κ2) is 6.62. The minimum absolute atomic E-state index is 0.129. The molecule has 2 aliphatic rings. The Kier molecular flexibility index (Phi) is 4.43.